The Morgan fingerprint density at radius 2 is 1.93 bits per heavy atom. The fraction of sp³-hybridized carbons (Fsp3) is 0.250. The Hall–Kier alpha value is -3.56. The normalized spacial score (nSPS) is 14.5. The van der Waals surface area contributed by atoms with Crippen molar-refractivity contribution in [1.82, 2.24) is 10.3 Å². The topological polar surface area (TPSA) is 81.2 Å². The van der Waals surface area contributed by atoms with E-state index >= 15 is 0 Å². The summed E-state index contributed by atoms with van der Waals surface area (Å²) in [6.07, 6.45) is 4.29. The van der Waals surface area contributed by atoms with Gasteiger partial charge in [-0.3, -0.25) is 4.79 Å². The van der Waals surface area contributed by atoms with E-state index in [0.717, 1.165) is 54.0 Å². The number of H-pyrrole nitrogens is 1. The summed E-state index contributed by atoms with van der Waals surface area (Å²) in [5, 5.41) is 13.4. The molecule has 152 valence electrons. The number of aromatic nitrogens is 1. The Balaban J connectivity index is 1.36. The van der Waals surface area contributed by atoms with Crippen molar-refractivity contribution in [2.75, 3.05) is 37.7 Å². The zero-order valence-electron chi connectivity index (χ0n) is 16.7. The molecule has 2 heterocycles. The predicted octanol–water partition coefficient (Wildman–Crippen LogP) is 3.27. The Morgan fingerprint density at radius 1 is 1.17 bits per heavy atom. The molecule has 1 amide bonds. The minimum atomic E-state index is -0.352. The second-order valence-electron chi connectivity index (χ2n) is 7.23. The highest BCUT2D eigenvalue weighted by Crippen LogP contribution is 2.19. The maximum Gasteiger partial charge on any atom is 0.261 e. The van der Waals surface area contributed by atoms with Gasteiger partial charge in [-0.25, -0.2) is 0 Å². The number of ether oxygens (including phenoxy) is 1. The second kappa shape index (κ2) is 9.29. The number of morpholine rings is 1. The van der Waals surface area contributed by atoms with E-state index in [1.165, 1.54) is 0 Å². The van der Waals surface area contributed by atoms with E-state index in [9.17, 15) is 10.1 Å². The standard InChI is InChI=1S/C24H24N4O2/c25-16-20(15-18-5-7-21(8-6-18)28-11-13-30-14-12-28)24(29)26-10-9-19-17-27-23-4-2-1-3-22(19)23/h1-8,15,17,27H,9-14H2,(H,26,29)/b20-15-. The van der Waals surface area contributed by atoms with Crippen molar-refractivity contribution < 1.29 is 9.53 Å². The van der Waals surface area contributed by atoms with E-state index in [-0.39, 0.29) is 11.5 Å². The van der Waals surface area contributed by atoms with Crippen LogP contribution in [-0.4, -0.2) is 43.7 Å². The molecule has 3 aromatic rings. The number of nitrogens with one attached hydrogen (secondary N) is 2. The lowest BCUT2D eigenvalue weighted by atomic mass is 10.1. The first-order chi connectivity index (χ1) is 14.7. The molecule has 6 nitrogen and oxygen atoms in total. The zero-order chi connectivity index (χ0) is 20.8. The Labute approximate surface area is 175 Å². The molecule has 6 heteroatoms. The summed E-state index contributed by atoms with van der Waals surface area (Å²) in [7, 11) is 0. The monoisotopic (exact) mass is 400 g/mol. The lowest BCUT2D eigenvalue weighted by Crippen LogP contribution is -2.36. The summed E-state index contributed by atoms with van der Waals surface area (Å²) in [5.74, 6) is -0.352. The molecule has 0 aliphatic carbocycles. The number of aromatic amines is 1. The third-order valence-electron chi connectivity index (χ3n) is 5.30. The summed E-state index contributed by atoms with van der Waals surface area (Å²) in [6, 6.07) is 18.0. The average molecular weight is 400 g/mol. The number of carbonyl (C=O) groups excluding carboxylic acids is 1. The zero-order valence-corrected chi connectivity index (χ0v) is 16.7. The second-order valence-corrected chi connectivity index (χ2v) is 7.23. The minimum Gasteiger partial charge on any atom is -0.378 e. The largest absolute Gasteiger partial charge is 0.378 e. The number of nitriles is 1. The first-order valence-corrected chi connectivity index (χ1v) is 10.1. The number of nitrogens with zero attached hydrogens (tertiary/aromatic N) is 2. The first-order valence-electron chi connectivity index (χ1n) is 10.1. The Morgan fingerprint density at radius 3 is 2.70 bits per heavy atom. The number of benzene rings is 2. The van der Waals surface area contributed by atoms with Gasteiger partial charge in [0.2, 0.25) is 0 Å². The Kier molecular flexibility index (Phi) is 6.11. The van der Waals surface area contributed by atoms with E-state index in [1.807, 2.05) is 54.7 Å². The number of hydrogen-bond acceptors (Lipinski definition) is 4. The van der Waals surface area contributed by atoms with Crippen molar-refractivity contribution in [2.24, 2.45) is 0 Å². The summed E-state index contributed by atoms with van der Waals surface area (Å²) < 4.78 is 5.38. The molecular formula is C24H24N4O2. The van der Waals surface area contributed by atoms with E-state index in [0.29, 0.717) is 13.0 Å². The van der Waals surface area contributed by atoms with Crippen molar-refractivity contribution in [1.29, 1.82) is 5.26 Å². The number of rotatable bonds is 6. The summed E-state index contributed by atoms with van der Waals surface area (Å²) >= 11 is 0. The molecule has 4 rings (SSSR count). The van der Waals surface area contributed by atoms with Gasteiger partial charge in [0.25, 0.3) is 5.91 Å². The molecule has 1 aliphatic heterocycles. The number of carbonyl (C=O) groups is 1. The van der Waals surface area contributed by atoms with Gasteiger partial charge in [0.05, 0.1) is 13.2 Å². The number of anilines is 1. The molecule has 1 saturated heterocycles. The average Bonchev–Trinajstić information content (AvgIpc) is 3.21. The third-order valence-corrected chi connectivity index (χ3v) is 5.30. The van der Waals surface area contributed by atoms with Gasteiger partial charge >= 0.3 is 0 Å². The van der Waals surface area contributed by atoms with Gasteiger partial charge in [-0.05, 0) is 41.8 Å². The van der Waals surface area contributed by atoms with Crippen molar-refractivity contribution in [3.8, 4) is 6.07 Å². The maximum absolute atomic E-state index is 12.5. The lowest BCUT2D eigenvalue weighted by Gasteiger charge is -2.28. The summed E-state index contributed by atoms with van der Waals surface area (Å²) in [4.78, 5) is 18.0. The van der Waals surface area contributed by atoms with Crippen LogP contribution < -0.4 is 10.2 Å². The molecule has 0 bridgehead atoms. The van der Waals surface area contributed by atoms with E-state index in [4.69, 9.17) is 4.74 Å². The highest BCUT2D eigenvalue weighted by Gasteiger charge is 2.12. The molecular weight excluding hydrogens is 376 g/mol. The fourth-order valence-corrected chi connectivity index (χ4v) is 3.66. The quantitative estimate of drug-likeness (QED) is 0.492. The van der Waals surface area contributed by atoms with Crippen molar-refractivity contribution in [2.45, 2.75) is 6.42 Å². The molecule has 0 spiro atoms. The fourth-order valence-electron chi connectivity index (χ4n) is 3.66. The SMILES string of the molecule is N#C/C(=C/c1ccc(N2CCOCC2)cc1)C(=O)NCCc1c[nH]c2ccccc12. The van der Waals surface area contributed by atoms with Crippen LogP contribution in [0.25, 0.3) is 17.0 Å². The molecule has 0 atom stereocenters. The van der Waals surface area contributed by atoms with Crippen LogP contribution in [0.15, 0.2) is 60.3 Å². The Bertz CT molecular complexity index is 1090. The van der Waals surface area contributed by atoms with Crippen LogP contribution in [0.2, 0.25) is 0 Å². The van der Waals surface area contributed by atoms with Crippen LogP contribution in [0.3, 0.4) is 0 Å². The predicted molar refractivity (Wildman–Crippen MR) is 118 cm³/mol. The van der Waals surface area contributed by atoms with Crippen molar-refractivity contribution in [3.63, 3.8) is 0 Å². The molecule has 1 aromatic heterocycles. The van der Waals surface area contributed by atoms with Gasteiger partial charge in [0, 0.05) is 42.4 Å². The highest BCUT2D eigenvalue weighted by atomic mass is 16.5. The van der Waals surface area contributed by atoms with Crippen LogP contribution in [0, 0.1) is 11.3 Å². The van der Waals surface area contributed by atoms with E-state index in [2.05, 4.69) is 21.3 Å². The van der Waals surface area contributed by atoms with Crippen LogP contribution in [0.5, 0.6) is 0 Å². The molecule has 0 saturated carbocycles. The third kappa shape index (κ3) is 4.53. The molecule has 0 unspecified atom stereocenters. The van der Waals surface area contributed by atoms with Crippen LogP contribution in [0.4, 0.5) is 5.69 Å². The smallest absolute Gasteiger partial charge is 0.261 e. The van der Waals surface area contributed by atoms with Gasteiger partial charge in [0.15, 0.2) is 0 Å². The van der Waals surface area contributed by atoms with Gasteiger partial charge in [-0.1, -0.05) is 30.3 Å². The highest BCUT2D eigenvalue weighted by molar-refractivity contribution is 6.01. The molecule has 1 fully saturated rings. The minimum absolute atomic E-state index is 0.105. The summed E-state index contributed by atoms with van der Waals surface area (Å²) in [5.41, 5.74) is 4.28. The molecule has 2 N–H and O–H groups in total. The number of amides is 1. The van der Waals surface area contributed by atoms with Crippen LogP contribution >= 0.6 is 0 Å². The van der Waals surface area contributed by atoms with E-state index in [1.54, 1.807) is 6.08 Å². The van der Waals surface area contributed by atoms with Gasteiger partial charge in [-0.15, -0.1) is 0 Å². The van der Waals surface area contributed by atoms with Gasteiger partial charge in [0.1, 0.15) is 11.6 Å². The first kappa shape index (κ1) is 19.7. The molecule has 30 heavy (non-hydrogen) atoms. The molecule has 2 aromatic carbocycles. The lowest BCUT2D eigenvalue weighted by molar-refractivity contribution is -0.117. The number of hydrogen-bond donors (Lipinski definition) is 2. The number of fused-ring (bicyclic) bond motifs is 1. The molecule has 1 aliphatic rings. The van der Waals surface area contributed by atoms with E-state index < -0.39 is 0 Å². The van der Waals surface area contributed by atoms with Gasteiger partial charge < -0.3 is 19.9 Å². The summed E-state index contributed by atoms with van der Waals surface area (Å²) in [6.45, 7) is 3.68. The van der Waals surface area contributed by atoms with Crippen molar-refractivity contribution >= 4 is 28.6 Å². The van der Waals surface area contributed by atoms with Crippen LogP contribution in [-0.2, 0) is 16.0 Å². The van der Waals surface area contributed by atoms with Crippen molar-refractivity contribution in [3.05, 3.63) is 71.4 Å². The van der Waals surface area contributed by atoms with Crippen LogP contribution in [0.1, 0.15) is 11.1 Å². The molecule has 0 radical (unpaired) electrons. The van der Waals surface area contributed by atoms with Gasteiger partial charge in [-0.2, -0.15) is 5.26 Å². The maximum atomic E-state index is 12.5. The number of para-hydroxylation sites is 1.